The van der Waals surface area contributed by atoms with Crippen molar-refractivity contribution in [2.75, 3.05) is 13.3 Å². The molecule has 0 saturated carbocycles. The van der Waals surface area contributed by atoms with Crippen molar-refractivity contribution in [1.82, 2.24) is 5.32 Å². The number of nitrogens with two attached hydrogens (primary N) is 1. The predicted octanol–water partition coefficient (Wildman–Crippen LogP) is 5.20. The molecule has 0 saturated heterocycles. The first kappa shape index (κ1) is 24.5. The number of oxime groups is 1. The fraction of sp³-hybridized carbons (Fsp3) is 0.350. The van der Waals surface area contributed by atoms with Crippen LogP contribution in [0.3, 0.4) is 0 Å². The van der Waals surface area contributed by atoms with Gasteiger partial charge in [-0.05, 0) is 30.7 Å². The van der Waals surface area contributed by atoms with Crippen molar-refractivity contribution in [3.63, 3.8) is 0 Å². The zero-order valence-electron chi connectivity index (χ0n) is 16.6. The number of alkyl halides is 3. The minimum atomic E-state index is -5.09. The lowest BCUT2D eigenvalue weighted by molar-refractivity contribution is -0.281. The average molecular weight is 498 g/mol. The van der Waals surface area contributed by atoms with E-state index >= 15 is 0 Å². The van der Waals surface area contributed by atoms with Gasteiger partial charge in [-0.1, -0.05) is 40.5 Å². The van der Waals surface area contributed by atoms with E-state index in [-0.39, 0.29) is 36.8 Å². The van der Waals surface area contributed by atoms with E-state index in [1.807, 2.05) is 0 Å². The molecular weight excluding hydrogens is 480 g/mol. The van der Waals surface area contributed by atoms with Gasteiger partial charge in [-0.15, -0.1) is 0 Å². The van der Waals surface area contributed by atoms with Crippen molar-refractivity contribution in [3.05, 3.63) is 68.7 Å². The second-order valence-electron chi connectivity index (χ2n) is 6.86. The van der Waals surface area contributed by atoms with Crippen molar-refractivity contribution >= 4 is 29.0 Å². The predicted molar refractivity (Wildman–Crippen MR) is 109 cm³/mol. The number of hydrogen-bond acceptors (Lipinski definition) is 5. The summed E-state index contributed by atoms with van der Waals surface area (Å²) in [6.45, 7) is 1.56. The van der Waals surface area contributed by atoms with Gasteiger partial charge in [-0.3, -0.25) is 0 Å². The highest BCUT2D eigenvalue weighted by molar-refractivity contribution is 6.35. The van der Waals surface area contributed by atoms with E-state index in [9.17, 15) is 22.0 Å². The maximum atomic E-state index is 14.7. The minimum Gasteiger partial charge on any atom is -0.372 e. The van der Waals surface area contributed by atoms with Crippen LogP contribution >= 0.6 is 23.2 Å². The Morgan fingerprint density at radius 2 is 1.84 bits per heavy atom. The molecule has 32 heavy (non-hydrogen) atoms. The molecule has 3 rings (SSSR count). The molecule has 1 aliphatic heterocycles. The van der Waals surface area contributed by atoms with Gasteiger partial charge in [0.05, 0.1) is 10.0 Å². The van der Waals surface area contributed by atoms with Gasteiger partial charge in [0.1, 0.15) is 18.5 Å². The number of benzene rings is 2. The van der Waals surface area contributed by atoms with E-state index in [1.165, 1.54) is 12.1 Å². The molecule has 0 aliphatic carbocycles. The van der Waals surface area contributed by atoms with Gasteiger partial charge in [0.15, 0.2) is 11.7 Å². The molecule has 0 bridgehead atoms. The molecule has 5 nitrogen and oxygen atoms in total. The largest absolute Gasteiger partial charge is 0.436 e. The number of rotatable bonds is 6. The lowest BCUT2D eigenvalue weighted by Crippen LogP contribution is -2.50. The van der Waals surface area contributed by atoms with Crippen LogP contribution in [0.2, 0.25) is 10.0 Å². The SMILES string of the molecule is CCOCNC1=NOC(c2cc(Cl)c(F)c(Cl)c2)(C(F)(F)F)C1c1ccc(F)c(CN)c1. The van der Waals surface area contributed by atoms with Crippen LogP contribution in [0, 0.1) is 11.6 Å². The maximum Gasteiger partial charge on any atom is 0.436 e. The van der Waals surface area contributed by atoms with Gasteiger partial charge in [0.25, 0.3) is 5.60 Å². The fourth-order valence-corrected chi connectivity index (χ4v) is 3.96. The second-order valence-corrected chi connectivity index (χ2v) is 7.67. The van der Waals surface area contributed by atoms with Crippen molar-refractivity contribution in [1.29, 1.82) is 0 Å². The summed E-state index contributed by atoms with van der Waals surface area (Å²) in [6.07, 6.45) is -5.09. The highest BCUT2D eigenvalue weighted by Gasteiger charge is 2.68. The summed E-state index contributed by atoms with van der Waals surface area (Å²) in [4.78, 5) is 5.04. The Kier molecular flexibility index (Phi) is 7.18. The molecule has 0 spiro atoms. The second kappa shape index (κ2) is 9.38. The number of hydrogen-bond donors (Lipinski definition) is 2. The van der Waals surface area contributed by atoms with E-state index in [0.29, 0.717) is 0 Å². The van der Waals surface area contributed by atoms with Gasteiger partial charge in [0.2, 0.25) is 0 Å². The van der Waals surface area contributed by atoms with E-state index in [4.69, 9.17) is 38.5 Å². The summed E-state index contributed by atoms with van der Waals surface area (Å²) in [5.74, 6) is -3.65. The number of amidine groups is 1. The van der Waals surface area contributed by atoms with Crippen molar-refractivity contribution < 1.29 is 31.5 Å². The lowest BCUT2D eigenvalue weighted by Gasteiger charge is -2.35. The smallest absolute Gasteiger partial charge is 0.372 e. The number of nitrogens with zero attached hydrogens (tertiary/aromatic N) is 1. The van der Waals surface area contributed by atoms with Crippen LogP contribution in [0.5, 0.6) is 0 Å². The summed E-state index contributed by atoms with van der Waals surface area (Å²) >= 11 is 11.6. The van der Waals surface area contributed by atoms with Crippen LogP contribution in [-0.4, -0.2) is 25.3 Å². The van der Waals surface area contributed by atoms with Crippen molar-refractivity contribution in [2.24, 2.45) is 10.9 Å². The van der Waals surface area contributed by atoms with Gasteiger partial charge in [0, 0.05) is 24.3 Å². The van der Waals surface area contributed by atoms with Crippen LogP contribution < -0.4 is 11.1 Å². The molecule has 1 heterocycles. The quantitative estimate of drug-likeness (QED) is 0.249. The molecular formula is C20H18Cl2F5N3O2. The first-order valence-electron chi connectivity index (χ1n) is 9.34. The summed E-state index contributed by atoms with van der Waals surface area (Å²) in [5, 5.41) is 5.02. The molecule has 2 atom stereocenters. The fourth-order valence-electron chi connectivity index (χ4n) is 3.47. The van der Waals surface area contributed by atoms with Gasteiger partial charge >= 0.3 is 6.18 Å². The normalized spacial score (nSPS) is 20.8. The Morgan fingerprint density at radius 1 is 1.19 bits per heavy atom. The van der Waals surface area contributed by atoms with Crippen molar-refractivity contribution in [3.8, 4) is 0 Å². The third kappa shape index (κ3) is 4.24. The van der Waals surface area contributed by atoms with Gasteiger partial charge in [-0.25, -0.2) is 8.78 Å². The molecule has 2 aromatic rings. The maximum absolute atomic E-state index is 14.7. The molecule has 0 fully saturated rings. The molecule has 0 aromatic heterocycles. The van der Waals surface area contributed by atoms with E-state index < -0.39 is 44.9 Å². The van der Waals surface area contributed by atoms with Crippen LogP contribution in [-0.2, 0) is 21.7 Å². The summed E-state index contributed by atoms with van der Waals surface area (Å²) in [5.41, 5.74) is 1.80. The van der Waals surface area contributed by atoms with Gasteiger partial charge < -0.3 is 20.6 Å². The van der Waals surface area contributed by atoms with Crippen LogP contribution in [0.1, 0.15) is 29.5 Å². The molecule has 174 valence electrons. The summed E-state index contributed by atoms with van der Waals surface area (Å²) < 4.78 is 77.2. The molecule has 0 amide bonds. The zero-order valence-corrected chi connectivity index (χ0v) is 18.1. The Bertz CT molecular complexity index is 1010. The number of ether oxygens (including phenoxy) is 1. The Hall–Kier alpha value is -2.14. The van der Waals surface area contributed by atoms with Crippen LogP contribution in [0.25, 0.3) is 0 Å². The van der Waals surface area contributed by atoms with E-state index in [0.717, 1.165) is 18.2 Å². The highest BCUT2D eigenvalue weighted by Crippen LogP contribution is 2.55. The topological polar surface area (TPSA) is 68.9 Å². The molecule has 3 N–H and O–H groups in total. The molecule has 2 aromatic carbocycles. The molecule has 2 unspecified atom stereocenters. The Balaban J connectivity index is 2.25. The minimum absolute atomic E-state index is 0.000920. The number of nitrogens with one attached hydrogen (secondary N) is 1. The zero-order chi connectivity index (χ0) is 23.7. The van der Waals surface area contributed by atoms with E-state index in [2.05, 4.69) is 10.5 Å². The third-order valence-corrected chi connectivity index (χ3v) is 5.53. The Labute approximate surface area is 190 Å². The average Bonchev–Trinajstić information content (AvgIpc) is 3.13. The van der Waals surface area contributed by atoms with Crippen LogP contribution in [0.15, 0.2) is 35.5 Å². The van der Waals surface area contributed by atoms with Crippen LogP contribution in [0.4, 0.5) is 22.0 Å². The Morgan fingerprint density at radius 3 is 2.41 bits per heavy atom. The summed E-state index contributed by atoms with van der Waals surface area (Å²) in [7, 11) is 0. The molecule has 1 aliphatic rings. The third-order valence-electron chi connectivity index (χ3n) is 4.98. The van der Waals surface area contributed by atoms with Gasteiger partial charge in [-0.2, -0.15) is 13.2 Å². The lowest BCUT2D eigenvalue weighted by atomic mass is 9.76. The first-order valence-corrected chi connectivity index (χ1v) is 10.1. The van der Waals surface area contributed by atoms with E-state index in [1.54, 1.807) is 6.92 Å². The highest BCUT2D eigenvalue weighted by atomic mass is 35.5. The monoisotopic (exact) mass is 497 g/mol. The first-order chi connectivity index (χ1) is 15.1. The molecule has 12 heteroatoms. The van der Waals surface area contributed by atoms with Crippen molar-refractivity contribution in [2.45, 2.75) is 31.2 Å². The standard InChI is InChI=1S/C20H18Cl2F5N3O2/c1-2-31-9-29-18-16(10-3-4-15(23)11(5-10)8-28)19(32-30-18,20(25,26)27)12-6-13(21)17(24)14(22)7-12/h3-7,16H,2,8-9,28H2,1H3,(H,29,30). The number of halogens is 7. The summed E-state index contributed by atoms with van der Waals surface area (Å²) in [6, 6.07) is 4.91. The molecule has 0 radical (unpaired) electrons.